The molecule has 0 aromatic heterocycles. The van der Waals surface area contributed by atoms with Gasteiger partial charge in [-0.2, -0.15) is 4.31 Å². The Labute approximate surface area is 116 Å². The largest absolute Gasteiger partial charge is 0.324 e. The molecule has 5 heteroatoms. The van der Waals surface area contributed by atoms with Crippen LogP contribution in [0.25, 0.3) is 0 Å². The molecule has 1 aromatic rings. The summed E-state index contributed by atoms with van der Waals surface area (Å²) in [5.41, 5.74) is 6.21. The molecule has 0 radical (unpaired) electrons. The van der Waals surface area contributed by atoms with Crippen molar-refractivity contribution >= 4 is 10.0 Å². The van der Waals surface area contributed by atoms with Crippen LogP contribution in [-0.2, 0) is 10.0 Å². The zero-order valence-electron chi connectivity index (χ0n) is 12.3. The third kappa shape index (κ3) is 3.35. The van der Waals surface area contributed by atoms with E-state index < -0.39 is 15.6 Å². The van der Waals surface area contributed by atoms with E-state index in [0.29, 0.717) is 4.90 Å². The zero-order valence-corrected chi connectivity index (χ0v) is 13.2. The molecule has 4 nitrogen and oxygen atoms in total. The fourth-order valence-corrected chi connectivity index (χ4v) is 3.30. The average molecular weight is 284 g/mol. The van der Waals surface area contributed by atoms with Crippen molar-refractivity contribution in [2.24, 2.45) is 5.73 Å². The lowest BCUT2D eigenvalue weighted by atomic mass is 10.0. The molecular formula is C14H24N2O2S. The molecule has 0 amide bonds. The van der Waals surface area contributed by atoms with Crippen LogP contribution >= 0.6 is 0 Å². The first-order valence-corrected chi connectivity index (χ1v) is 7.91. The van der Waals surface area contributed by atoms with Gasteiger partial charge in [-0.05, 0) is 44.9 Å². The summed E-state index contributed by atoms with van der Waals surface area (Å²) in [6.45, 7) is 7.65. The number of hydrogen-bond donors (Lipinski definition) is 1. The van der Waals surface area contributed by atoms with E-state index >= 15 is 0 Å². The Morgan fingerprint density at radius 3 is 2.42 bits per heavy atom. The summed E-state index contributed by atoms with van der Waals surface area (Å²) in [6.07, 6.45) is 0.746. The van der Waals surface area contributed by atoms with E-state index in [4.69, 9.17) is 5.73 Å². The van der Waals surface area contributed by atoms with Crippen molar-refractivity contribution in [3.05, 3.63) is 29.8 Å². The van der Waals surface area contributed by atoms with Gasteiger partial charge in [0.25, 0.3) is 0 Å². The third-order valence-electron chi connectivity index (χ3n) is 3.76. The lowest BCUT2D eigenvalue weighted by molar-refractivity contribution is 0.257. The van der Waals surface area contributed by atoms with Gasteiger partial charge in [-0.15, -0.1) is 0 Å². The second kappa shape index (κ2) is 5.61. The van der Waals surface area contributed by atoms with Crippen LogP contribution in [-0.4, -0.2) is 25.3 Å². The molecule has 1 rings (SSSR count). The number of nitrogens with two attached hydrogens (primary N) is 1. The maximum Gasteiger partial charge on any atom is 0.243 e. The number of hydrogen-bond acceptors (Lipinski definition) is 3. The topological polar surface area (TPSA) is 63.4 Å². The van der Waals surface area contributed by atoms with Crippen LogP contribution in [0, 0.1) is 0 Å². The van der Waals surface area contributed by atoms with Gasteiger partial charge in [0.1, 0.15) is 0 Å². The van der Waals surface area contributed by atoms with Crippen molar-refractivity contribution in [3.63, 3.8) is 0 Å². The molecule has 108 valence electrons. The Kier molecular flexibility index (Phi) is 4.76. The summed E-state index contributed by atoms with van der Waals surface area (Å²) in [5, 5.41) is 0. The van der Waals surface area contributed by atoms with Gasteiger partial charge in [-0.25, -0.2) is 8.42 Å². The fourth-order valence-electron chi connectivity index (χ4n) is 1.66. The van der Waals surface area contributed by atoms with Gasteiger partial charge in [-0.3, -0.25) is 0 Å². The Morgan fingerprint density at radius 2 is 1.95 bits per heavy atom. The van der Waals surface area contributed by atoms with E-state index in [9.17, 15) is 8.42 Å². The summed E-state index contributed by atoms with van der Waals surface area (Å²) < 4.78 is 26.6. The van der Waals surface area contributed by atoms with Gasteiger partial charge in [0.2, 0.25) is 10.0 Å². The molecule has 0 saturated carbocycles. The number of sulfonamides is 1. The third-order valence-corrected chi connectivity index (χ3v) is 5.82. The maximum absolute atomic E-state index is 12.6. The SMILES string of the molecule is CCC(C)(C)N(C)S(=O)(=O)c1cccc(C(C)N)c1. The number of rotatable bonds is 5. The van der Waals surface area contributed by atoms with Crippen molar-refractivity contribution in [1.82, 2.24) is 4.31 Å². The molecule has 0 heterocycles. The smallest absolute Gasteiger partial charge is 0.243 e. The molecule has 0 spiro atoms. The van der Waals surface area contributed by atoms with Crippen molar-refractivity contribution in [2.45, 2.75) is 50.6 Å². The first-order chi connectivity index (χ1) is 8.63. The second-order valence-corrected chi connectivity index (χ2v) is 7.47. The van der Waals surface area contributed by atoms with Crippen LogP contribution in [0.3, 0.4) is 0 Å². The van der Waals surface area contributed by atoms with Crippen LogP contribution in [0.2, 0.25) is 0 Å². The van der Waals surface area contributed by atoms with Gasteiger partial charge in [0, 0.05) is 18.6 Å². The Morgan fingerprint density at radius 1 is 1.37 bits per heavy atom. The van der Waals surface area contributed by atoms with Crippen molar-refractivity contribution in [1.29, 1.82) is 0 Å². The van der Waals surface area contributed by atoms with E-state index in [1.54, 1.807) is 25.2 Å². The summed E-state index contributed by atoms with van der Waals surface area (Å²) in [6, 6.07) is 6.67. The number of nitrogens with zero attached hydrogens (tertiary/aromatic N) is 1. The van der Waals surface area contributed by atoms with Gasteiger partial charge >= 0.3 is 0 Å². The average Bonchev–Trinajstić information content (AvgIpc) is 2.37. The molecule has 19 heavy (non-hydrogen) atoms. The Hall–Kier alpha value is -0.910. The monoisotopic (exact) mass is 284 g/mol. The van der Waals surface area contributed by atoms with Crippen molar-refractivity contribution in [3.8, 4) is 0 Å². The molecule has 2 N–H and O–H groups in total. The second-order valence-electron chi connectivity index (χ2n) is 5.50. The van der Waals surface area contributed by atoms with Crippen LogP contribution in [0.15, 0.2) is 29.2 Å². The van der Waals surface area contributed by atoms with Gasteiger partial charge in [0.05, 0.1) is 4.90 Å². The van der Waals surface area contributed by atoms with E-state index in [1.807, 2.05) is 33.8 Å². The minimum Gasteiger partial charge on any atom is -0.324 e. The van der Waals surface area contributed by atoms with E-state index in [1.165, 1.54) is 4.31 Å². The summed E-state index contributed by atoms with van der Waals surface area (Å²) in [5.74, 6) is 0. The summed E-state index contributed by atoms with van der Waals surface area (Å²) >= 11 is 0. The molecular weight excluding hydrogens is 260 g/mol. The van der Waals surface area contributed by atoms with Gasteiger partial charge in [-0.1, -0.05) is 19.1 Å². The molecule has 0 aliphatic carbocycles. The number of benzene rings is 1. The Balaban J connectivity index is 3.24. The molecule has 1 aromatic carbocycles. The van der Waals surface area contributed by atoms with Crippen molar-refractivity contribution in [2.75, 3.05) is 7.05 Å². The van der Waals surface area contributed by atoms with E-state index in [2.05, 4.69) is 0 Å². The normalized spacial score (nSPS) is 14.7. The highest BCUT2D eigenvalue weighted by atomic mass is 32.2. The minimum atomic E-state index is -3.49. The molecule has 0 saturated heterocycles. The fraction of sp³-hybridized carbons (Fsp3) is 0.571. The highest BCUT2D eigenvalue weighted by molar-refractivity contribution is 7.89. The molecule has 0 fully saturated rings. The standard InChI is InChI=1S/C14H24N2O2S/c1-6-14(3,4)16(5)19(17,18)13-9-7-8-12(10-13)11(2)15/h7-11H,6,15H2,1-5H3. The quantitative estimate of drug-likeness (QED) is 0.903. The van der Waals surface area contributed by atoms with Crippen LogP contribution < -0.4 is 5.73 Å². The lowest BCUT2D eigenvalue weighted by Gasteiger charge is -2.33. The van der Waals surface area contributed by atoms with Crippen LogP contribution in [0.1, 0.15) is 45.7 Å². The molecule has 0 aliphatic rings. The van der Waals surface area contributed by atoms with Gasteiger partial charge in [0.15, 0.2) is 0 Å². The molecule has 1 atom stereocenters. The first kappa shape index (κ1) is 16.1. The Bertz CT molecular complexity index is 536. The summed E-state index contributed by atoms with van der Waals surface area (Å²) in [4.78, 5) is 0.298. The highest BCUT2D eigenvalue weighted by Crippen LogP contribution is 2.26. The van der Waals surface area contributed by atoms with E-state index in [0.717, 1.165) is 12.0 Å². The molecule has 1 unspecified atom stereocenters. The zero-order chi connectivity index (χ0) is 14.8. The maximum atomic E-state index is 12.6. The molecule has 0 aliphatic heterocycles. The highest BCUT2D eigenvalue weighted by Gasteiger charge is 2.32. The minimum absolute atomic E-state index is 0.181. The summed E-state index contributed by atoms with van der Waals surface area (Å²) in [7, 11) is -1.86. The van der Waals surface area contributed by atoms with Crippen LogP contribution in [0.4, 0.5) is 0 Å². The molecule has 0 bridgehead atoms. The van der Waals surface area contributed by atoms with Gasteiger partial charge < -0.3 is 5.73 Å². The first-order valence-electron chi connectivity index (χ1n) is 6.47. The predicted octanol–water partition coefficient (Wildman–Crippen LogP) is 2.52. The van der Waals surface area contributed by atoms with E-state index in [-0.39, 0.29) is 6.04 Å². The van der Waals surface area contributed by atoms with Crippen LogP contribution in [0.5, 0.6) is 0 Å². The van der Waals surface area contributed by atoms with Crippen molar-refractivity contribution < 1.29 is 8.42 Å². The lowest BCUT2D eigenvalue weighted by Crippen LogP contribution is -2.44. The predicted molar refractivity (Wildman–Crippen MR) is 78.4 cm³/mol.